The maximum Gasteiger partial charge on any atom is 0.238 e. The van der Waals surface area contributed by atoms with Crippen molar-refractivity contribution < 1.29 is 8.42 Å². The van der Waals surface area contributed by atoms with Gasteiger partial charge in [-0.25, -0.2) is 23.5 Å². The predicted octanol–water partition coefficient (Wildman–Crippen LogP) is 3.21. The van der Waals surface area contributed by atoms with Gasteiger partial charge in [0.05, 0.1) is 21.6 Å². The number of benzene rings is 1. The molecule has 0 fully saturated rings. The molecule has 9 heteroatoms. The van der Waals surface area contributed by atoms with Crippen molar-refractivity contribution in [2.75, 3.05) is 5.32 Å². The van der Waals surface area contributed by atoms with Crippen molar-refractivity contribution in [3.63, 3.8) is 0 Å². The lowest BCUT2D eigenvalue weighted by atomic mass is 10.1. The molecule has 0 saturated carbocycles. The third-order valence-electron chi connectivity index (χ3n) is 4.66. The van der Waals surface area contributed by atoms with E-state index in [2.05, 4.69) is 44.9 Å². The number of nitrogens with one attached hydrogen (secondary N) is 1. The number of rotatable bonds is 5. The highest BCUT2D eigenvalue weighted by atomic mass is 32.2. The number of pyridine rings is 1. The maximum atomic E-state index is 11.4. The van der Waals surface area contributed by atoms with Crippen LogP contribution in [0.1, 0.15) is 12.5 Å². The van der Waals surface area contributed by atoms with E-state index in [4.69, 9.17) is 5.14 Å². The van der Waals surface area contributed by atoms with Crippen LogP contribution in [-0.2, 0) is 16.6 Å². The Morgan fingerprint density at radius 3 is 2.48 bits per heavy atom. The number of hydrogen-bond donors (Lipinski definition) is 2. The van der Waals surface area contributed by atoms with Crippen LogP contribution in [0.15, 0.2) is 59.9 Å². The van der Waals surface area contributed by atoms with E-state index in [0.29, 0.717) is 11.6 Å². The number of fused-ring (bicyclic) bond motifs is 1. The number of aromatic nitrogens is 4. The number of nitrogens with zero attached hydrogens (tertiary/aromatic N) is 4. The zero-order valence-electron chi connectivity index (χ0n) is 16.0. The zero-order chi connectivity index (χ0) is 20.6. The Morgan fingerprint density at radius 1 is 1.07 bits per heavy atom. The van der Waals surface area contributed by atoms with Gasteiger partial charge in [0, 0.05) is 36.4 Å². The Balaban J connectivity index is 1.70. The lowest BCUT2D eigenvalue weighted by molar-refractivity contribution is 0.598. The zero-order valence-corrected chi connectivity index (χ0v) is 16.8. The van der Waals surface area contributed by atoms with E-state index < -0.39 is 10.0 Å². The molecule has 1 aromatic carbocycles. The Morgan fingerprint density at radius 2 is 1.79 bits per heavy atom. The molecular formula is C20H20N6O2S. The van der Waals surface area contributed by atoms with Crippen LogP contribution >= 0.6 is 0 Å². The maximum absolute atomic E-state index is 11.4. The molecule has 0 bridgehead atoms. The number of anilines is 2. The minimum absolute atomic E-state index is 0.0477. The van der Waals surface area contributed by atoms with Crippen LogP contribution < -0.4 is 10.5 Å². The second-order valence-corrected chi connectivity index (χ2v) is 8.18. The van der Waals surface area contributed by atoms with Crippen molar-refractivity contribution in [2.45, 2.75) is 25.3 Å². The largest absolute Gasteiger partial charge is 0.346 e. The van der Waals surface area contributed by atoms with Gasteiger partial charge < -0.3 is 9.88 Å². The average molecular weight is 408 g/mol. The van der Waals surface area contributed by atoms with Gasteiger partial charge in [-0.1, -0.05) is 0 Å². The van der Waals surface area contributed by atoms with E-state index in [0.717, 1.165) is 34.4 Å². The highest BCUT2D eigenvalue weighted by molar-refractivity contribution is 7.89. The first kappa shape index (κ1) is 19.0. The quantitative estimate of drug-likeness (QED) is 0.524. The van der Waals surface area contributed by atoms with Crippen molar-refractivity contribution in [1.29, 1.82) is 0 Å². The van der Waals surface area contributed by atoms with Crippen LogP contribution in [0.2, 0.25) is 0 Å². The second kappa shape index (κ2) is 7.26. The highest BCUT2D eigenvalue weighted by Crippen LogP contribution is 2.30. The minimum Gasteiger partial charge on any atom is -0.346 e. The normalized spacial score (nSPS) is 11.7. The summed E-state index contributed by atoms with van der Waals surface area (Å²) in [4.78, 5) is 13.5. The fourth-order valence-corrected chi connectivity index (χ4v) is 3.77. The van der Waals surface area contributed by atoms with Gasteiger partial charge in [-0.3, -0.25) is 4.98 Å². The van der Waals surface area contributed by atoms with Gasteiger partial charge in [-0.15, -0.1) is 0 Å². The third-order valence-corrected chi connectivity index (χ3v) is 5.59. The molecule has 3 aromatic heterocycles. The molecule has 3 heterocycles. The molecule has 4 aromatic rings. The van der Waals surface area contributed by atoms with Crippen LogP contribution in [0, 0.1) is 6.92 Å². The molecule has 0 saturated heterocycles. The van der Waals surface area contributed by atoms with E-state index in [-0.39, 0.29) is 4.90 Å². The summed E-state index contributed by atoms with van der Waals surface area (Å²) >= 11 is 0. The SMILES string of the molecule is CCn1cc(-c2ccnc(Nc3ccc(S(N)(=O)=O)cc3)n2)c2nccc(C)c21. The molecule has 29 heavy (non-hydrogen) atoms. The van der Waals surface area contributed by atoms with Crippen molar-refractivity contribution in [1.82, 2.24) is 19.5 Å². The Kier molecular flexibility index (Phi) is 4.77. The van der Waals surface area contributed by atoms with Gasteiger partial charge in [0.2, 0.25) is 16.0 Å². The number of sulfonamides is 1. The number of primary sulfonamides is 1. The number of nitrogens with two attached hydrogens (primary N) is 1. The monoisotopic (exact) mass is 408 g/mol. The van der Waals surface area contributed by atoms with Crippen molar-refractivity contribution >= 4 is 32.7 Å². The van der Waals surface area contributed by atoms with Crippen LogP contribution in [-0.4, -0.2) is 27.9 Å². The highest BCUT2D eigenvalue weighted by Gasteiger charge is 2.14. The summed E-state index contributed by atoms with van der Waals surface area (Å²) in [5, 5.41) is 8.22. The molecule has 0 spiro atoms. The molecule has 4 rings (SSSR count). The van der Waals surface area contributed by atoms with E-state index in [1.807, 2.05) is 12.1 Å². The molecule has 0 atom stereocenters. The van der Waals surface area contributed by atoms with Crippen molar-refractivity contribution in [3.05, 3.63) is 60.6 Å². The van der Waals surface area contributed by atoms with Gasteiger partial charge in [0.25, 0.3) is 0 Å². The molecule has 148 valence electrons. The summed E-state index contributed by atoms with van der Waals surface area (Å²) in [5.74, 6) is 0.399. The minimum atomic E-state index is -3.73. The molecule has 0 aliphatic heterocycles. The van der Waals surface area contributed by atoms with Crippen LogP contribution in [0.3, 0.4) is 0 Å². The van der Waals surface area contributed by atoms with E-state index in [1.165, 1.54) is 12.1 Å². The molecular weight excluding hydrogens is 388 g/mol. The fourth-order valence-electron chi connectivity index (χ4n) is 3.25. The summed E-state index contributed by atoms with van der Waals surface area (Å²) in [6, 6.07) is 9.93. The van der Waals surface area contributed by atoms with Crippen molar-refractivity contribution in [2.24, 2.45) is 5.14 Å². The number of hydrogen-bond acceptors (Lipinski definition) is 6. The topological polar surface area (TPSA) is 116 Å². The summed E-state index contributed by atoms with van der Waals surface area (Å²) < 4.78 is 24.9. The van der Waals surface area contributed by atoms with Gasteiger partial charge in [0.1, 0.15) is 0 Å². The summed E-state index contributed by atoms with van der Waals surface area (Å²) in [6.45, 7) is 4.99. The predicted molar refractivity (Wildman–Crippen MR) is 112 cm³/mol. The molecule has 0 radical (unpaired) electrons. The molecule has 0 amide bonds. The van der Waals surface area contributed by atoms with E-state index in [1.54, 1.807) is 24.5 Å². The summed E-state index contributed by atoms with van der Waals surface area (Å²) in [5.41, 5.74) is 5.48. The van der Waals surface area contributed by atoms with E-state index >= 15 is 0 Å². The van der Waals surface area contributed by atoms with Crippen LogP contribution in [0.25, 0.3) is 22.3 Å². The molecule has 0 aliphatic carbocycles. The molecule has 8 nitrogen and oxygen atoms in total. The first-order valence-corrected chi connectivity index (χ1v) is 10.6. The Hall–Kier alpha value is -3.30. The molecule has 0 unspecified atom stereocenters. The van der Waals surface area contributed by atoms with Gasteiger partial charge in [0.15, 0.2) is 0 Å². The second-order valence-electron chi connectivity index (χ2n) is 6.61. The van der Waals surface area contributed by atoms with Crippen LogP contribution in [0.5, 0.6) is 0 Å². The Labute approximate surface area is 168 Å². The Bertz CT molecular complexity index is 1300. The molecule has 0 aliphatic rings. The summed E-state index contributed by atoms with van der Waals surface area (Å²) in [6.07, 6.45) is 5.53. The first-order chi connectivity index (χ1) is 13.9. The van der Waals surface area contributed by atoms with E-state index in [9.17, 15) is 8.42 Å². The number of aryl methyl sites for hydroxylation is 2. The smallest absolute Gasteiger partial charge is 0.238 e. The third kappa shape index (κ3) is 3.69. The summed E-state index contributed by atoms with van der Waals surface area (Å²) in [7, 11) is -3.73. The van der Waals surface area contributed by atoms with Crippen molar-refractivity contribution in [3.8, 4) is 11.3 Å². The molecule has 3 N–H and O–H groups in total. The van der Waals surface area contributed by atoms with Gasteiger partial charge >= 0.3 is 0 Å². The average Bonchev–Trinajstić information content (AvgIpc) is 3.08. The standard InChI is InChI=1S/C20H20N6O2S/c1-3-26-12-16(18-19(26)13(2)8-10-22-18)17-9-11-23-20(25-17)24-14-4-6-15(7-5-14)29(21,27)28/h4-12H,3H2,1-2H3,(H2,21,27,28)(H,23,24,25). The fraction of sp³-hybridized carbons (Fsp3) is 0.150. The first-order valence-electron chi connectivity index (χ1n) is 9.04. The lowest BCUT2D eigenvalue weighted by Crippen LogP contribution is -2.11. The van der Waals surface area contributed by atoms with Crippen LogP contribution in [0.4, 0.5) is 11.6 Å². The van der Waals surface area contributed by atoms with Gasteiger partial charge in [-0.05, 0) is 55.8 Å². The van der Waals surface area contributed by atoms with Gasteiger partial charge in [-0.2, -0.15) is 0 Å². The lowest BCUT2D eigenvalue weighted by Gasteiger charge is -2.07.